The predicted octanol–water partition coefficient (Wildman–Crippen LogP) is 2.65. The first-order chi connectivity index (χ1) is 10.2. The highest BCUT2D eigenvalue weighted by molar-refractivity contribution is 14.0. The van der Waals surface area contributed by atoms with Gasteiger partial charge in [0.2, 0.25) is 0 Å². The zero-order valence-corrected chi connectivity index (χ0v) is 16.3. The van der Waals surface area contributed by atoms with Crippen molar-refractivity contribution in [2.24, 2.45) is 10.9 Å². The first-order valence-electron chi connectivity index (χ1n) is 7.91. The summed E-state index contributed by atoms with van der Waals surface area (Å²) in [5, 5.41) is 3.53. The second kappa shape index (κ2) is 10.0. The van der Waals surface area contributed by atoms with E-state index in [1.165, 1.54) is 31.6 Å². The maximum Gasteiger partial charge on any atom is 0.193 e. The molecule has 1 aliphatic rings. The molecule has 1 N–H and O–H groups in total. The molecule has 5 heteroatoms. The fraction of sp³-hybridized carbons (Fsp3) is 0.588. The van der Waals surface area contributed by atoms with Gasteiger partial charge < -0.3 is 15.1 Å². The molecule has 0 amide bonds. The van der Waals surface area contributed by atoms with Crippen LogP contribution in [0.25, 0.3) is 0 Å². The molecule has 0 bridgehead atoms. The Morgan fingerprint density at radius 3 is 2.64 bits per heavy atom. The van der Waals surface area contributed by atoms with Gasteiger partial charge in [-0.15, -0.1) is 24.0 Å². The Labute approximate surface area is 152 Å². The lowest BCUT2D eigenvalue weighted by molar-refractivity contribution is 0.341. The number of halogens is 1. The SMILES string of the molecule is CCN1CCC(CNC(=NCc2ccccc2)N(C)C)C1.I. The van der Waals surface area contributed by atoms with Gasteiger partial charge in [0.1, 0.15) is 0 Å². The average molecular weight is 416 g/mol. The Morgan fingerprint density at radius 2 is 2.05 bits per heavy atom. The summed E-state index contributed by atoms with van der Waals surface area (Å²) >= 11 is 0. The molecule has 0 aromatic heterocycles. The number of aliphatic imine (C=N–C) groups is 1. The van der Waals surface area contributed by atoms with Crippen molar-refractivity contribution in [2.45, 2.75) is 19.9 Å². The average Bonchev–Trinajstić information content (AvgIpc) is 2.96. The van der Waals surface area contributed by atoms with Crippen LogP contribution in [0.3, 0.4) is 0 Å². The van der Waals surface area contributed by atoms with Crippen LogP contribution in [0, 0.1) is 5.92 Å². The smallest absolute Gasteiger partial charge is 0.193 e. The van der Waals surface area contributed by atoms with E-state index in [4.69, 9.17) is 4.99 Å². The highest BCUT2D eigenvalue weighted by Gasteiger charge is 2.21. The van der Waals surface area contributed by atoms with E-state index in [0.29, 0.717) is 0 Å². The zero-order valence-electron chi connectivity index (χ0n) is 14.0. The van der Waals surface area contributed by atoms with Crippen molar-refractivity contribution in [1.29, 1.82) is 0 Å². The highest BCUT2D eigenvalue weighted by atomic mass is 127. The first kappa shape index (κ1) is 19.2. The van der Waals surface area contributed by atoms with Gasteiger partial charge in [-0.3, -0.25) is 0 Å². The largest absolute Gasteiger partial charge is 0.356 e. The van der Waals surface area contributed by atoms with Crippen LogP contribution in [-0.2, 0) is 6.54 Å². The van der Waals surface area contributed by atoms with E-state index < -0.39 is 0 Å². The zero-order chi connectivity index (χ0) is 15.1. The van der Waals surface area contributed by atoms with Gasteiger partial charge in [-0.2, -0.15) is 0 Å². The van der Waals surface area contributed by atoms with E-state index >= 15 is 0 Å². The normalized spacial score (nSPS) is 18.9. The number of guanidine groups is 1. The number of hydrogen-bond donors (Lipinski definition) is 1. The number of likely N-dealkylation sites (tertiary alicyclic amines) is 1. The molecule has 0 spiro atoms. The minimum Gasteiger partial charge on any atom is -0.356 e. The van der Waals surface area contributed by atoms with E-state index in [-0.39, 0.29) is 24.0 Å². The van der Waals surface area contributed by atoms with Crippen molar-refractivity contribution in [3.8, 4) is 0 Å². The summed E-state index contributed by atoms with van der Waals surface area (Å²) < 4.78 is 0. The molecule has 1 heterocycles. The molecule has 0 aliphatic carbocycles. The molecule has 22 heavy (non-hydrogen) atoms. The Morgan fingerprint density at radius 1 is 1.32 bits per heavy atom. The lowest BCUT2D eigenvalue weighted by Gasteiger charge is -2.20. The van der Waals surface area contributed by atoms with Crippen molar-refractivity contribution < 1.29 is 0 Å². The van der Waals surface area contributed by atoms with Gasteiger partial charge in [-0.05, 0) is 31.0 Å². The van der Waals surface area contributed by atoms with Gasteiger partial charge in [0.05, 0.1) is 6.54 Å². The van der Waals surface area contributed by atoms with Crippen LogP contribution in [-0.4, -0.2) is 56.0 Å². The van der Waals surface area contributed by atoms with Crippen molar-refractivity contribution in [3.63, 3.8) is 0 Å². The molecule has 124 valence electrons. The third-order valence-corrected chi connectivity index (χ3v) is 4.04. The van der Waals surface area contributed by atoms with E-state index in [2.05, 4.69) is 46.3 Å². The predicted molar refractivity (Wildman–Crippen MR) is 105 cm³/mol. The number of rotatable bonds is 5. The summed E-state index contributed by atoms with van der Waals surface area (Å²) in [6, 6.07) is 10.4. The molecule has 0 saturated carbocycles. The minimum atomic E-state index is 0. The van der Waals surface area contributed by atoms with Gasteiger partial charge >= 0.3 is 0 Å². The van der Waals surface area contributed by atoms with E-state index in [9.17, 15) is 0 Å². The molecule has 1 aromatic rings. The van der Waals surface area contributed by atoms with Crippen molar-refractivity contribution in [3.05, 3.63) is 35.9 Å². The molecule has 1 atom stereocenters. The van der Waals surface area contributed by atoms with Crippen LogP contribution < -0.4 is 5.32 Å². The van der Waals surface area contributed by atoms with Crippen LogP contribution in [0.4, 0.5) is 0 Å². The molecule has 1 unspecified atom stereocenters. The van der Waals surface area contributed by atoms with Gasteiger partial charge in [0, 0.05) is 27.2 Å². The van der Waals surface area contributed by atoms with E-state index in [1.807, 2.05) is 20.2 Å². The summed E-state index contributed by atoms with van der Waals surface area (Å²) in [7, 11) is 4.09. The maximum absolute atomic E-state index is 4.71. The summed E-state index contributed by atoms with van der Waals surface area (Å²) in [6.45, 7) is 7.60. The monoisotopic (exact) mass is 416 g/mol. The van der Waals surface area contributed by atoms with Crippen LogP contribution >= 0.6 is 24.0 Å². The van der Waals surface area contributed by atoms with Crippen molar-refractivity contribution in [2.75, 3.05) is 40.3 Å². The fourth-order valence-corrected chi connectivity index (χ4v) is 2.71. The molecule has 1 aromatic carbocycles. The number of hydrogen-bond acceptors (Lipinski definition) is 2. The standard InChI is InChI=1S/C17H28N4.HI/c1-4-21-11-10-16(14-21)13-19-17(20(2)3)18-12-15-8-6-5-7-9-15;/h5-9,16H,4,10-14H2,1-3H3,(H,18,19);1H. The highest BCUT2D eigenvalue weighted by Crippen LogP contribution is 2.14. The second-order valence-corrected chi connectivity index (χ2v) is 5.95. The van der Waals surface area contributed by atoms with Crippen LogP contribution in [0.1, 0.15) is 18.9 Å². The molecular formula is C17H29IN4. The summed E-state index contributed by atoms with van der Waals surface area (Å²) in [5.74, 6) is 1.72. The van der Waals surface area contributed by atoms with Crippen LogP contribution in [0.5, 0.6) is 0 Å². The minimum absolute atomic E-state index is 0. The first-order valence-corrected chi connectivity index (χ1v) is 7.91. The maximum atomic E-state index is 4.71. The Hall–Kier alpha value is -0.820. The van der Waals surface area contributed by atoms with Crippen LogP contribution in [0.15, 0.2) is 35.3 Å². The third-order valence-electron chi connectivity index (χ3n) is 4.04. The summed E-state index contributed by atoms with van der Waals surface area (Å²) in [4.78, 5) is 9.29. The van der Waals surface area contributed by atoms with Gasteiger partial charge in [0.25, 0.3) is 0 Å². The Balaban J connectivity index is 0.00000242. The fourth-order valence-electron chi connectivity index (χ4n) is 2.71. The molecule has 0 radical (unpaired) electrons. The van der Waals surface area contributed by atoms with E-state index in [0.717, 1.165) is 25.0 Å². The second-order valence-electron chi connectivity index (χ2n) is 5.95. The third kappa shape index (κ3) is 6.12. The molecule has 1 saturated heterocycles. The van der Waals surface area contributed by atoms with Gasteiger partial charge in [0.15, 0.2) is 5.96 Å². The van der Waals surface area contributed by atoms with Crippen molar-refractivity contribution >= 4 is 29.9 Å². The topological polar surface area (TPSA) is 30.9 Å². The molecular weight excluding hydrogens is 387 g/mol. The Kier molecular flexibility index (Phi) is 8.78. The number of nitrogens with zero attached hydrogens (tertiary/aromatic N) is 3. The lowest BCUT2D eigenvalue weighted by Crippen LogP contribution is -2.39. The quantitative estimate of drug-likeness (QED) is 0.455. The summed E-state index contributed by atoms with van der Waals surface area (Å²) in [5.41, 5.74) is 1.25. The summed E-state index contributed by atoms with van der Waals surface area (Å²) in [6.07, 6.45) is 1.29. The molecule has 1 fully saturated rings. The van der Waals surface area contributed by atoms with Crippen molar-refractivity contribution in [1.82, 2.24) is 15.1 Å². The number of nitrogens with one attached hydrogen (secondary N) is 1. The van der Waals surface area contributed by atoms with E-state index in [1.54, 1.807) is 0 Å². The van der Waals surface area contributed by atoms with Gasteiger partial charge in [-0.25, -0.2) is 4.99 Å². The molecule has 2 rings (SSSR count). The molecule has 1 aliphatic heterocycles. The molecule has 4 nitrogen and oxygen atoms in total. The number of benzene rings is 1. The Bertz CT molecular complexity index is 447. The van der Waals surface area contributed by atoms with Gasteiger partial charge in [-0.1, -0.05) is 37.3 Å². The lowest BCUT2D eigenvalue weighted by atomic mass is 10.1. The van der Waals surface area contributed by atoms with Crippen LogP contribution in [0.2, 0.25) is 0 Å².